The summed E-state index contributed by atoms with van der Waals surface area (Å²) in [4.78, 5) is 4.57. The van der Waals surface area contributed by atoms with Gasteiger partial charge in [-0.3, -0.25) is 4.99 Å². The van der Waals surface area contributed by atoms with Gasteiger partial charge in [-0.2, -0.15) is 0 Å². The largest absolute Gasteiger partial charge is 0.507 e. The van der Waals surface area contributed by atoms with E-state index in [0.29, 0.717) is 12.3 Å². The van der Waals surface area contributed by atoms with Gasteiger partial charge in [0.25, 0.3) is 0 Å². The molecule has 0 aliphatic carbocycles. The van der Waals surface area contributed by atoms with Crippen LogP contribution in [0.1, 0.15) is 29.2 Å². The average molecular weight is 253 g/mol. The number of aryl methyl sites for hydroxylation is 2. The number of rotatable bonds is 3. The van der Waals surface area contributed by atoms with Gasteiger partial charge in [-0.25, -0.2) is 0 Å². The Kier molecular flexibility index (Phi) is 4.00. The molecule has 98 valence electrons. The highest BCUT2D eigenvalue weighted by atomic mass is 16.3. The van der Waals surface area contributed by atoms with E-state index in [1.807, 2.05) is 39.0 Å². The van der Waals surface area contributed by atoms with E-state index in [-0.39, 0.29) is 0 Å². The van der Waals surface area contributed by atoms with Crippen LogP contribution in [0.5, 0.6) is 5.75 Å². The molecule has 0 unspecified atom stereocenters. The van der Waals surface area contributed by atoms with Gasteiger partial charge in [0.05, 0.1) is 6.54 Å². The maximum Gasteiger partial charge on any atom is 0.125 e. The number of nitrogens with zero attached hydrogens (tertiary/aromatic N) is 1. The summed E-state index contributed by atoms with van der Waals surface area (Å²) in [6.45, 7) is 6.57. The Morgan fingerprint density at radius 1 is 1.11 bits per heavy atom. The summed E-state index contributed by atoms with van der Waals surface area (Å²) in [6, 6.07) is 14.0. The molecule has 0 aromatic heterocycles. The molecule has 2 nitrogen and oxygen atoms in total. The zero-order chi connectivity index (χ0) is 13.8. The van der Waals surface area contributed by atoms with Crippen LogP contribution in [-0.4, -0.2) is 10.8 Å². The summed E-state index contributed by atoms with van der Waals surface area (Å²) >= 11 is 0. The highest BCUT2D eigenvalue weighted by Crippen LogP contribution is 2.24. The van der Waals surface area contributed by atoms with E-state index >= 15 is 0 Å². The normalized spacial score (nSPS) is 11.6. The van der Waals surface area contributed by atoms with Crippen LogP contribution < -0.4 is 0 Å². The number of aliphatic imine (C=N–C) groups is 1. The Bertz CT molecular complexity index is 577. The Labute approximate surface area is 114 Å². The molecule has 0 radical (unpaired) electrons. The van der Waals surface area contributed by atoms with Crippen molar-refractivity contribution in [3.05, 3.63) is 64.7 Å². The molecule has 19 heavy (non-hydrogen) atoms. The summed E-state index contributed by atoms with van der Waals surface area (Å²) in [7, 11) is 0. The fourth-order valence-corrected chi connectivity index (χ4v) is 2.29. The molecule has 1 N–H and O–H groups in total. The molecule has 0 atom stereocenters. The number of phenols is 1. The van der Waals surface area contributed by atoms with Gasteiger partial charge < -0.3 is 5.11 Å². The number of benzene rings is 2. The second kappa shape index (κ2) is 5.70. The second-order valence-electron chi connectivity index (χ2n) is 4.86. The molecule has 0 amide bonds. The van der Waals surface area contributed by atoms with Crippen LogP contribution in [-0.2, 0) is 6.54 Å². The molecule has 2 aromatic carbocycles. The van der Waals surface area contributed by atoms with Crippen LogP contribution in [0.25, 0.3) is 0 Å². The van der Waals surface area contributed by atoms with Gasteiger partial charge >= 0.3 is 0 Å². The van der Waals surface area contributed by atoms with Crippen LogP contribution in [0.3, 0.4) is 0 Å². The maximum atomic E-state index is 10.1. The molecule has 0 fully saturated rings. The minimum absolute atomic E-state index is 0.312. The fourth-order valence-electron chi connectivity index (χ4n) is 2.29. The molecule has 0 saturated carbocycles. The van der Waals surface area contributed by atoms with Crippen LogP contribution in [0.15, 0.2) is 47.5 Å². The van der Waals surface area contributed by atoms with E-state index in [9.17, 15) is 5.11 Å². The van der Waals surface area contributed by atoms with E-state index < -0.39 is 0 Å². The van der Waals surface area contributed by atoms with E-state index in [4.69, 9.17) is 0 Å². The first-order valence-corrected chi connectivity index (χ1v) is 6.43. The predicted octanol–water partition coefficient (Wildman–Crippen LogP) is 4.02. The zero-order valence-corrected chi connectivity index (χ0v) is 11.6. The average Bonchev–Trinajstić information content (AvgIpc) is 2.36. The predicted molar refractivity (Wildman–Crippen MR) is 79.9 cm³/mol. The van der Waals surface area contributed by atoms with Gasteiger partial charge in [-0.1, -0.05) is 36.4 Å². The highest BCUT2D eigenvalue weighted by molar-refractivity contribution is 6.02. The molecule has 2 rings (SSSR count). The van der Waals surface area contributed by atoms with Crippen molar-refractivity contribution in [1.82, 2.24) is 0 Å². The SMILES string of the molecule is CC(=NCc1ccccc1)c1c(C)cc(C)cc1O. The van der Waals surface area contributed by atoms with E-state index in [2.05, 4.69) is 23.2 Å². The lowest BCUT2D eigenvalue weighted by molar-refractivity contribution is 0.473. The highest BCUT2D eigenvalue weighted by Gasteiger charge is 2.08. The topological polar surface area (TPSA) is 32.6 Å². The number of phenolic OH excluding ortho intramolecular Hbond substituents is 1. The first-order chi connectivity index (χ1) is 9.08. The monoisotopic (exact) mass is 253 g/mol. The summed E-state index contributed by atoms with van der Waals surface area (Å²) < 4.78 is 0. The summed E-state index contributed by atoms with van der Waals surface area (Å²) in [5.74, 6) is 0.312. The smallest absolute Gasteiger partial charge is 0.125 e. The van der Waals surface area contributed by atoms with E-state index in [1.165, 1.54) is 5.56 Å². The molecule has 0 bridgehead atoms. The van der Waals surface area contributed by atoms with Crippen molar-refractivity contribution < 1.29 is 5.11 Å². The van der Waals surface area contributed by atoms with Crippen molar-refractivity contribution in [3.63, 3.8) is 0 Å². The molecule has 0 heterocycles. The molecular weight excluding hydrogens is 234 g/mol. The van der Waals surface area contributed by atoms with Crippen molar-refractivity contribution in [3.8, 4) is 5.75 Å². The van der Waals surface area contributed by atoms with Gasteiger partial charge in [0.1, 0.15) is 5.75 Å². The molecule has 0 aliphatic rings. The van der Waals surface area contributed by atoms with Gasteiger partial charge in [0.2, 0.25) is 0 Å². The Balaban J connectivity index is 2.27. The van der Waals surface area contributed by atoms with Crippen LogP contribution in [0.2, 0.25) is 0 Å². The first kappa shape index (κ1) is 13.3. The van der Waals surface area contributed by atoms with Crippen LogP contribution >= 0.6 is 0 Å². The van der Waals surface area contributed by atoms with Gasteiger partial charge in [-0.05, 0) is 43.5 Å². The lowest BCUT2D eigenvalue weighted by atomic mass is 10.0. The van der Waals surface area contributed by atoms with Crippen molar-refractivity contribution in [1.29, 1.82) is 0 Å². The van der Waals surface area contributed by atoms with E-state index in [1.54, 1.807) is 6.07 Å². The number of hydrogen-bond donors (Lipinski definition) is 1. The third-order valence-corrected chi connectivity index (χ3v) is 3.16. The van der Waals surface area contributed by atoms with Gasteiger partial charge in [0, 0.05) is 11.3 Å². The van der Waals surface area contributed by atoms with Crippen molar-refractivity contribution in [2.45, 2.75) is 27.3 Å². The Morgan fingerprint density at radius 2 is 1.79 bits per heavy atom. The minimum atomic E-state index is 0.312. The molecule has 0 spiro atoms. The maximum absolute atomic E-state index is 10.1. The third-order valence-electron chi connectivity index (χ3n) is 3.16. The molecule has 2 aromatic rings. The number of aromatic hydroxyl groups is 1. The van der Waals surface area contributed by atoms with Crippen LogP contribution in [0, 0.1) is 13.8 Å². The molecule has 0 aliphatic heterocycles. The van der Waals surface area contributed by atoms with Crippen LogP contribution in [0.4, 0.5) is 0 Å². The lowest BCUT2D eigenvalue weighted by Gasteiger charge is -2.10. The summed E-state index contributed by atoms with van der Waals surface area (Å²) in [5, 5.41) is 10.1. The van der Waals surface area contributed by atoms with Gasteiger partial charge in [0.15, 0.2) is 0 Å². The lowest BCUT2D eigenvalue weighted by Crippen LogP contribution is -2.00. The Morgan fingerprint density at radius 3 is 2.42 bits per heavy atom. The molecule has 2 heteroatoms. The number of hydrogen-bond acceptors (Lipinski definition) is 2. The first-order valence-electron chi connectivity index (χ1n) is 6.43. The van der Waals surface area contributed by atoms with Crippen molar-refractivity contribution in [2.75, 3.05) is 0 Å². The second-order valence-corrected chi connectivity index (χ2v) is 4.86. The van der Waals surface area contributed by atoms with Gasteiger partial charge in [-0.15, -0.1) is 0 Å². The van der Waals surface area contributed by atoms with E-state index in [0.717, 1.165) is 22.4 Å². The quantitative estimate of drug-likeness (QED) is 0.823. The van der Waals surface area contributed by atoms with Crippen molar-refractivity contribution in [2.24, 2.45) is 4.99 Å². The minimum Gasteiger partial charge on any atom is -0.507 e. The Hall–Kier alpha value is -2.09. The third kappa shape index (κ3) is 3.22. The van der Waals surface area contributed by atoms with Crippen molar-refractivity contribution >= 4 is 5.71 Å². The summed E-state index contributed by atoms with van der Waals surface area (Å²) in [5.41, 5.74) is 5.02. The summed E-state index contributed by atoms with van der Waals surface area (Å²) in [6.07, 6.45) is 0. The molecular formula is C17H19NO. The zero-order valence-electron chi connectivity index (χ0n) is 11.6. The fraction of sp³-hybridized carbons (Fsp3) is 0.235. The molecule has 0 saturated heterocycles. The standard InChI is InChI=1S/C17H19NO/c1-12-9-13(2)17(16(19)10-12)14(3)18-11-15-7-5-4-6-8-15/h4-10,19H,11H2,1-3H3.